The van der Waals surface area contributed by atoms with Gasteiger partial charge in [0.15, 0.2) is 16.6 Å². The summed E-state index contributed by atoms with van der Waals surface area (Å²) in [5, 5.41) is 3.71. The van der Waals surface area contributed by atoms with Gasteiger partial charge in [-0.15, -0.1) is 4.68 Å². The van der Waals surface area contributed by atoms with Gasteiger partial charge in [-0.2, -0.15) is 8.97 Å². The third kappa shape index (κ3) is 1.30. The fraction of sp³-hybridized carbons (Fsp3) is 0.0357. The molecule has 0 aliphatic carbocycles. The zero-order valence-electron chi connectivity index (χ0n) is 17.7. The molecule has 1 unspecified atom stereocenters. The highest BCUT2D eigenvalue weighted by molar-refractivity contribution is 6.18. The average Bonchev–Trinajstić information content (AvgIpc) is 3.55. The van der Waals surface area contributed by atoms with Gasteiger partial charge in [0.2, 0.25) is 11.6 Å². The van der Waals surface area contributed by atoms with Crippen LogP contribution in [0.25, 0.3) is 43.9 Å². The van der Waals surface area contributed by atoms with E-state index < -0.39 is 5.66 Å². The minimum atomic E-state index is -0.698. The Morgan fingerprint density at radius 2 is 1.56 bits per heavy atom. The van der Waals surface area contributed by atoms with Crippen LogP contribution in [-0.2, 0) is 5.66 Å². The molecule has 1 atom stereocenters. The van der Waals surface area contributed by atoms with Crippen LogP contribution in [0.4, 0.5) is 0 Å². The molecule has 10 rings (SSSR count). The summed E-state index contributed by atoms with van der Waals surface area (Å²) in [5.41, 5.74) is 5.68. The molecular formula is C28H14N4O2+2. The molecule has 3 aliphatic rings. The van der Waals surface area contributed by atoms with Crippen LogP contribution in [0.3, 0.4) is 0 Å². The summed E-state index contributed by atoms with van der Waals surface area (Å²) >= 11 is 0. The van der Waals surface area contributed by atoms with E-state index in [1.54, 1.807) is 0 Å². The van der Waals surface area contributed by atoms with E-state index in [1.807, 2.05) is 36.4 Å². The first-order valence-corrected chi connectivity index (χ1v) is 11.4. The van der Waals surface area contributed by atoms with Crippen LogP contribution in [0.2, 0.25) is 0 Å². The van der Waals surface area contributed by atoms with Gasteiger partial charge in [0, 0.05) is 16.8 Å². The standard InChI is InChI=1S/C28H14N4O2/c33-26-17-6-1-5-15-16-10-11-21-23-25(16)32(24(15)17)27-18(26)7-3-12-29(27)28(23)22-19(8-2-9-20(22)34-21)30-13-4-14-31(28)30/h1-14H/q+2. The van der Waals surface area contributed by atoms with Crippen molar-refractivity contribution in [3.05, 3.63) is 107 Å². The summed E-state index contributed by atoms with van der Waals surface area (Å²) in [7, 11) is 0. The molecule has 0 radical (unpaired) electrons. The van der Waals surface area contributed by atoms with E-state index in [9.17, 15) is 4.79 Å². The molecule has 0 amide bonds. The number of fused-ring (bicyclic) bond motifs is 3. The zero-order valence-corrected chi connectivity index (χ0v) is 17.7. The molecule has 156 valence electrons. The Bertz CT molecular complexity index is 2190. The normalized spacial score (nSPS) is 18.5. The van der Waals surface area contributed by atoms with Crippen LogP contribution in [0.15, 0.2) is 90.1 Å². The molecule has 4 aromatic heterocycles. The molecule has 6 nitrogen and oxygen atoms in total. The molecule has 34 heavy (non-hydrogen) atoms. The quantitative estimate of drug-likeness (QED) is 0.268. The summed E-state index contributed by atoms with van der Waals surface area (Å²) in [6.45, 7) is 0. The molecule has 0 saturated heterocycles. The summed E-state index contributed by atoms with van der Waals surface area (Å²) in [5.74, 6) is 1.69. The number of pyridine rings is 2. The minimum absolute atomic E-state index is 0.0734. The van der Waals surface area contributed by atoms with E-state index in [-0.39, 0.29) is 5.43 Å². The van der Waals surface area contributed by atoms with Crippen LogP contribution in [-0.4, -0.2) is 9.08 Å². The van der Waals surface area contributed by atoms with Crippen molar-refractivity contribution < 1.29 is 14.0 Å². The molecule has 0 saturated carbocycles. The Balaban J connectivity index is 1.65. The summed E-state index contributed by atoms with van der Waals surface area (Å²) < 4.78 is 15.6. The van der Waals surface area contributed by atoms with E-state index in [4.69, 9.17) is 4.74 Å². The van der Waals surface area contributed by atoms with Crippen molar-refractivity contribution in [3.63, 3.8) is 0 Å². The molecule has 6 heteroatoms. The van der Waals surface area contributed by atoms with Crippen molar-refractivity contribution in [1.29, 1.82) is 0 Å². The Labute approximate surface area is 191 Å². The van der Waals surface area contributed by atoms with E-state index in [2.05, 4.69) is 67.3 Å². The number of nitrogens with zero attached hydrogens (tertiary/aromatic N) is 4. The molecule has 0 fully saturated rings. The number of benzene rings is 3. The number of hydrogen-bond donors (Lipinski definition) is 0. The number of para-hydroxylation sites is 1. The van der Waals surface area contributed by atoms with Crippen molar-refractivity contribution >= 4 is 38.2 Å². The van der Waals surface area contributed by atoms with Crippen LogP contribution in [0.1, 0.15) is 11.1 Å². The molecule has 7 heterocycles. The van der Waals surface area contributed by atoms with Gasteiger partial charge in [0.25, 0.3) is 0 Å². The fourth-order valence-corrected chi connectivity index (χ4v) is 7.04. The monoisotopic (exact) mass is 438 g/mol. The largest absolute Gasteiger partial charge is 0.456 e. The Kier molecular flexibility index (Phi) is 2.19. The fourth-order valence-electron chi connectivity index (χ4n) is 7.04. The number of hydrogen-bond acceptors (Lipinski definition) is 2. The second-order valence-corrected chi connectivity index (χ2v) is 9.42. The smallest absolute Gasteiger partial charge is 0.397 e. The average molecular weight is 438 g/mol. The first-order valence-electron chi connectivity index (χ1n) is 11.4. The molecule has 3 aromatic carbocycles. The van der Waals surface area contributed by atoms with Crippen molar-refractivity contribution in [2.45, 2.75) is 5.66 Å². The summed E-state index contributed by atoms with van der Waals surface area (Å²) in [6.07, 6.45) is 6.32. The Morgan fingerprint density at radius 3 is 2.53 bits per heavy atom. The minimum Gasteiger partial charge on any atom is -0.456 e. The maximum atomic E-state index is 13.8. The first-order chi connectivity index (χ1) is 16.8. The number of ether oxygens (including phenoxy) is 1. The van der Waals surface area contributed by atoms with E-state index in [1.165, 1.54) is 0 Å². The van der Waals surface area contributed by atoms with Gasteiger partial charge >= 0.3 is 11.3 Å². The summed E-state index contributed by atoms with van der Waals surface area (Å²) in [6, 6.07) is 22.6. The van der Waals surface area contributed by atoms with Gasteiger partial charge in [-0.05, 0) is 48.5 Å². The number of rotatable bonds is 0. The topological polar surface area (TPSA) is 43.4 Å². The highest BCUT2D eigenvalue weighted by Gasteiger charge is 2.67. The third-order valence-electron chi connectivity index (χ3n) is 8.12. The second-order valence-electron chi connectivity index (χ2n) is 9.42. The van der Waals surface area contributed by atoms with Crippen LogP contribution >= 0.6 is 0 Å². The maximum Gasteiger partial charge on any atom is 0.397 e. The van der Waals surface area contributed by atoms with Crippen molar-refractivity contribution in [3.8, 4) is 17.2 Å². The predicted octanol–water partition coefficient (Wildman–Crippen LogP) is 3.59. The van der Waals surface area contributed by atoms with Gasteiger partial charge in [-0.3, -0.25) is 4.79 Å². The van der Waals surface area contributed by atoms with Gasteiger partial charge in [0.05, 0.1) is 17.8 Å². The van der Waals surface area contributed by atoms with Crippen LogP contribution < -0.4 is 19.4 Å². The van der Waals surface area contributed by atoms with Gasteiger partial charge < -0.3 is 4.74 Å². The highest BCUT2D eigenvalue weighted by Crippen LogP contribution is 2.54. The van der Waals surface area contributed by atoms with Gasteiger partial charge in [-0.1, -0.05) is 16.8 Å². The van der Waals surface area contributed by atoms with Gasteiger partial charge in [-0.25, -0.2) is 0 Å². The van der Waals surface area contributed by atoms with Crippen molar-refractivity contribution in [2.75, 3.05) is 0 Å². The zero-order chi connectivity index (χ0) is 21.9. The molecule has 1 spiro atoms. The van der Waals surface area contributed by atoms with Crippen molar-refractivity contribution in [2.24, 2.45) is 0 Å². The molecule has 7 aromatic rings. The molecule has 0 N–H and O–H groups in total. The first kappa shape index (κ1) is 16.0. The third-order valence-corrected chi connectivity index (χ3v) is 8.12. The second kappa shape index (κ2) is 4.65. The lowest BCUT2D eigenvalue weighted by molar-refractivity contribution is -0.987. The van der Waals surface area contributed by atoms with E-state index in [0.29, 0.717) is 0 Å². The molecule has 0 bridgehead atoms. The highest BCUT2D eigenvalue weighted by atomic mass is 16.5. The number of aromatic nitrogens is 4. The molecule has 3 aliphatic heterocycles. The lowest BCUT2D eigenvalue weighted by Crippen LogP contribution is -2.76. The summed E-state index contributed by atoms with van der Waals surface area (Å²) in [4.78, 5) is 13.8. The SMILES string of the molecule is O=c1c2cccc3c4ccc5c6c4n(c23)c2c1ccc[n+]2C61c2c(cccc2-n2ccc[n+]21)O5. The maximum absolute atomic E-state index is 13.8. The Hall–Kier alpha value is -4.71. The molecular weight excluding hydrogens is 424 g/mol. The van der Waals surface area contributed by atoms with E-state index >= 15 is 0 Å². The van der Waals surface area contributed by atoms with Crippen molar-refractivity contribution in [1.82, 2.24) is 9.08 Å². The van der Waals surface area contributed by atoms with E-state index in [0.717, 1.165) is 66.5 Å². The lowest BCUT2D eigenvalue weighted by atomic mass is 9.84. The van der Waals surface area contributed by atoms with Crippen LogP contribution in [0, 0.1) is 0 Å². The van der Waals surface area contributed by atoms with Crippen LogP contribution in [0.5, 0.6) is 11.5 Å². The lowest BCUT2D eigenvalue weighted by Gasteiger charge is -2.31. The Morgan fingerprint density at radius 1 is 0.735 bits per heavy atom. The predicted molar refractivity (Wildman–Crippen MR) is 125 cm³/mol. The van der Waals surface area contributed by atoms with Gasteiger partial charge in [0.1, 0.15) is 28.1 Å².